The van der Waals surface area contributed by atoms with Crippen molar-refractivity contribution < 1.29 is 45.3 Å². The van der Waals surface area contributed by atoms with E-state index >= 15 is 0 Å². The van der Waals surface area contributed by atoms with Crippen molar-refractivity contribution in [3.05, 3.63) is 193 Å². The first kappa shape index (κ1) is 48.6. The molecule has 6 atom stereocenters. The first-order chi connectivity index (χ1) is 31.9. The summed E-state index contributed by atoms with van der Waals surface area (Å²) < 4.78 is 95.9. The van der Waals surface area contributed by atoms with Crippen LogP contribution in [0.1, 0.15) is 79.8 Å². The molecule has 2 saturated carbocycles. The van der Waals surface area contributed by atoms with Crippen LogP contribution in [0.4, 0.5) is 26.3 Å². The number of allylic oxidation sites excluding steroid dienone is 7. The third kappa shape index (κ3) is 12.8. The van der Waals surface area contributed by atoms with Gasteiger partial charge in [-0.15, -0.1) is 0 Å². The van der Waals surface area contributed by atoms with Crippen LogP contribution in [0.15, 0.2) is 176 Å². The minimum atomic E-state index is -5.50. The topological polar surface area (TPSA) is 44.8 Å². The molecule has 2 fully saturated rings. The molecular formula is C57H56F6O4. The first-order valence-electron chi connectivity index (χ1n) is 22.8. The highest BCUT2D eigenvalue weighted by molar-refractivity contribution is 6.12. The summed E-state index contributed by atoms with van der Waals surface area (Å²) in [5.74, 6) is -0.698. The number of carbonyl (C=O) groups is 1. The number of fused-ring (bicyclic) bond motifs is 4. The zero-order valence-electron chi connectivity index (χ0n) is 37.8. The number of hydrogen-bond donors (Lipinski definition) is 0. The maximum atomic E-state index is 13.5. The highest BCUT2D eigenvalue weighted by Gasteiger charge is 2.57. The molecule has 0 aromatic heterocycles. The highest BCUT2D eigenvalue weighted by Crippen LogP contribution is 2.46. The molecule has 0 amide bonds. The summed E-state index contributed by atoms with van der Waals surface area (Å²) in [6.07, 6.45) is 4.87. The Morgan fingerprint density at radius 1 is 0.746 bits per heavy atom. The average molecular weight is 919 g/mol. The van der Waals surface area contributed by atoms with Gasteiger partial charge in [-0.2, -0.15) is 26.3 Å². The van der Waals surface area contributed by atoms with Crippen molar-refractivity contribution >= 4 is 27.3 Å². The van der Waals surface area contributed by atoms with Gasteiger partial charge in [-0.1, -0.05) is 124 Å². The molecule has 5 aromatic carbocycles. The monoisotopic (exact) mass is 918 g/mol. The lowest BCUT2D eigenvalue weighted by molar-refractivity contribution is -0.292. The minimum absolute atomic E-state index is 0.0221. The number of rotatable bonds is 20. The van der Waals surface area contributed by atoms with E-state index in [1.54, 1.807) is 6.08 Å². The van der Waals surface area contributed by atoms with Gasteiger partial charge in [-0.3, -0.25) is 4.79 Å². The van der Waals surface area contributed by atoms with E-state index in [-0.39, 0.29) is 35.4 Å². The van der Waals surface area contributed by atoms with E-state index < -0.39 is 24.9 Å². The standard InChI is InChI=1S/C57H56F6O4/c1-6-50(65-35-54(56(58,59)60)57(61,62)63)13-9-10-36(2)28-48(37(3)14-15-39(5)66-53-31-40-16-17-45(53)30-40)29-38(4)41-22-25-51(26-23-41)67-52-27-24-43-19-21-47(33-49(43)34-52)55(64)46-20-18-42-11-7-8-12-44(42)32-46/h6-15,18-27,32-34,36,38,40,45,48,53-54H,1,3,5,16-17,28-31,35H2,2,4H3/b10-9+,15-14-,50-13+. The van der Waals surface area contributed by atoms with E-state index in [1.165, 1.54) is 25.3 Å². The maximum Gasteiger partial charge on any atom is 0.403 e. The number of halogens is 6. The summed E-state index contributed by atoms with van der Waals surface area (Å²) in [6, 6.07) is 33.1. The minimum Gasteiger partial charge on any atom is -0.493 e. The SMILES string of the molecule is C=C/C(=C\C=C\C(C)CC(CC(C)c1ccc(Oc2ccc3ccc(C(=O)c4ccc5ccccc5c4)cc3c2)cc1)C(=C)/C=C\C(=C)OC1CC2CCC1C2)OCC(C(F)(F)F)C(F)(F)F. The molecule has 0 heterocycles. The number of ketones is 1. The number of ether oxygens (including phenoxy) is 3. The molecule has 7 rings (SSSR count). The molecule has 0 spiro atoms. The number of carbonyl (C=O) groups excluding carboxylic acids is 1. The van der Waals surface area contributed by atoms with Gasteiger partial charge in [0.2, 0.25) is 0 Å². The Morgan fingerprint density at radius 3 is 2.03 bits per heavy atom. The largest absolute Gasteiger partial charge is 0.493 e. The van der Waals surface area contributed by atoms with Gasteiger partial charge < -0.3 is 14.2 Å². The van der Waals surface area contributed by atoms with Crippen LogP contribution in [0, 0.1) is 29.6 Å². The zero-order valence-corrected chi connectivity index (χ0v) is 37.8. The molecule has 0 radical (unpaired) electrons. The normalized spacial score (nSPS) is 19.0. The Labute approximate surface area is 389 Å². The van der Waals surface area contributed by atoms with E-state index in [0.29, 0.717) is 40.7 Å². The van der Waals surface area contributed by atoms with Gasteiger partial charge in [0.1, 0.15) is 35.7 Å². The van der Waals surface area contributed by atoms with Crippen molar-refractivity contribution in [2.45, 2.75) is 76.7 Å². The van der Waals surface area contributed by atoms with Crippen molar-refractivity contribution in [3.8, 4) is 11.5 Å². The van der Waals surface area contributed by atoms with Crippen LogP contribution in [0.2, 0.25) is 0 Å². The van der Waals surface area contributed by atoms with Gasteiger partial charge in [0.15, 0.2) is 11.7 Å². The molecule has 6 unspecified atom stereocenters. The van der Waals surface area contributed by atoms with Crippen molar-refractivity contribution in [1.29, 1.82) is 0 Å². The fourth-order valence-electron chi connectivity index (χ4n) is 9.39. The van der Waals surface area contributed by atoms with Crippen molar-refractivity contribution in [3.63, 3.8) is 0 Å². The molecular weight excluding hydrogens is 863 g/mol. The van der Waals surface area contributed by atoms with Crippen molar-refractivity contribution in [1.82, 2.24) is 0 Å². The van der Waals surface area contributed by atoms with E-state index in [0.717, 1.165) is 57.5 Å². The number of hydrogen-bond acceptors (Lipinski definition) is 4. The molecule has 2 bridgehead atoms. The predicted molar refractivity (Wildman–Crippen MR) is 255 cm³/mol. The van der Waals surface area contributed by atoms with Gasteiger partial charge in [0.05, 0.1) is 0 Å². The second-order valence-electron chi connectivity index (χ2n) is 18.1. The maximum absolute atomic E-state index is 13.5. The third-order valence-electron chi connectivity index (χ3n) is 13.2. The number of benzene rings is 5. The average Bonchev–Trinajstić information content (AvgIpc) is 3.92. The lowest BCUT2D eigenvalue weighted by Gasteiger charge is -2.25. The van der Waals surface area contributed by atoms with Crippen LogP contribution in [0.25, 0.3) is 21.5 Å². The lowest BCUT2D eigenvalue weighted by Crippen LogP contribution is -2.39. The predicted octanol–water partition coefficient (Wildman–Crippen LogP) is 16.4. The molecule has 5 aromatic rings. The summed E-state index contributed by atoms with van der Waals surface area (Å²) in [4.78, 5) is 13.5. The van der Waals surface area contributed by atoms with Gasteiger partial charge in [0.25, 0.3) is 0 Å². The van der Waals surface area contributed by atoms with E-state index in [2.05, 4.69) is 26.7 Å². The smallest absolute Gasteiger partial charge is 0.403 e. The Bertz CT molecular complexity index is 2660. The first-order valence-corrected chi connectivity index (χ1v) is 22.8. The molecule has 2 aliphatic carbocycles. The molecule has 10 heteroatoms. The van der Waals surface area contributed by atoms with Gasteiger partial charge in [-0.25, -0.2) is 0 Å². The fraction of sp³-hybridized carbons (Fsp3) is 0.316. The van der Waals surface area contributed by atoms with Crippen LogP contribution < -0.4 is 4.74 Å². The molecule has 67 heavy (non-hydrogen) atoms. The molecule has 0 N–H and O–H groups in total. The second-order valence-corrected chi connectivity index (χ2v) is 18.1. The van der Waals surface area contributed by atoms with Gasteiger partial charge >= 0.3 is 12.4 Å². The second kappa shape index (κ2) is 21.1. The summed E-state index contributed by atoms with van der Waals surface area (Å²) >= 11 is 0. The Balaban J connectivity index is 1.01. The number of alkyl halides is 6. The summed E-state index contributed by atoms with van der Waals surface area (Å²) in [5, 5.41) is 3.94. The van der Waals surface area contributed by atoms with Crippen molar-refractivity contribution in [2.24, 2.45) is 29.6 Å². The van der Waals surface area contributed by atoms with Gasteiger partial charge in [-0.05, 0) is 150 Å². The Morgan fingerprint density at radius 2 is 1.39 bits per heavy atom. The van der Waals surface area contributed by atoms with Crippen LogP contribution in [0.5, 0.6) is 11.5 Å². The highest BCUT2D eigenvalue weighted by atomic mass is 19.4. The van der Waals surface area contributed by atoms with Crippen LogP contribution in [0.3, 0.4) is 0 Å². The summed E-state index contributed by atoms with van der Waals surface area (Å²) in [5.41, 5.74) is 3.17. The van der Waals surface area contributed by atoms with E-state index in [4.69, 9.17) is 14.2 Å². The molecule has 2 aliphatic rings. The Hall–Kier alpha value is -6.29. The lowest BCUT2D eigenvalue weighted by atomic mass is 9.81. The molecule has 4 nitrogen and oxygen atoms in total. The summed E-state index contributed by atoms with van der Waals surface area (Å²) in [7, 11) is 0. The molecule has 350 valence electrons. The zero-order chi connectivity index (χ0) is 47.9. The molecule has 0 saturated heterocycles. The molecule has 0 aliphatic heterocycles. The van der Waals surface area contributed by atoms with E-state index in [9.17, 15) is 31.1 Å². The van der Waals surface area contributed by atoms with E-state index in [1.807, 2.05) is 128 Å². The van der Waals surface area contributed by atoms with Crippen molar-refractivity contribution in [2.75, 3.05) is 6.61 Å². The fourth-order valence-corrected chi connectivity index (χ4v) is 9.39. The summed E-state index contributed by atoms with van der Waals surface area (Å²) in [6.45, 7) is 14.6. The quantitative estimate of drug-likeness (QED) is 0.0338. The van der Waals surface area contributed by atoms with Crippen LogP contribution in [-0.4, -0.2) is 30.8 Å². The third-order valence-corrected chi connectivity index (χ3v) is 13.2. The van der Waals surface area contributed by atoms with Crippen LogP contribution >= 0.6 is 0 Å². The Kier molecular flexibility index (Phi) is 15.3. The van der Waals surface area contributed by atoms with Gasteiger partial charge in [0, 0.05) is 11.1 Å². The van der Waals surface area contributed by atoms with Crippen LogP contribution in [-0.2, 0) is 9.47 Å².